The van der Waals surface area contributed by atoms with Crippen molar-refractivity contribution in [2.24, 2.45) is 0 Å². The summed E-state index contributed by atoms with van der Waals surface area (Å²) < 4.78 is 23.8. The molecule has 0 unspecified atom stereocenters. The van der Waals surface area contributed by atoms with Gasteiger partial charge in [-0.15, -0.1) is 0 Å². The molecule has 22 heavy (non-hydrogen) atoms. The second-order valence-corrected chi connectivity index (χ2v) is 7.06. The summed E-state index contributed by atoms with van der Waals surface area (Å²) in [6, 6.07) is 12.1. The van der Waals surface area contributed by atoms with Crippen molar-refractivity contribution in [2.45, 2.75) is 25.4 Å². The molecule has 116 valence electrons. The number of aryl methyl sites for hydroxylation is 2. The Morgan fingerprint density at radius 2 is 1.77 bits per heavy atom. The number of fused-ring (bicyclic) bond motifs is 1. The van der Waals surface area contributed by atoms with Gasteiger partial charge in [-0.25, -0.2) is 0 Å². The number of hydrogen-bond acceptors (Lipinski definition) is 3. The summed E-state index contributed by atoms with van der Waals surface area (Å²) in [5.41, 5.74) is 4.50. The van der Waals surface area contributed by atoms with Gasteiger partial charge in [-0.05, 0) is 31.0 Å². The molecule has 1 atom stereocenters. The zero-order valence-corrected chi connectivity index (χ0v) is 13.7. The van der Waals surface area contributed by atoms with Gasteiger partial charge in [-0.3, -0.25) is 4.21 Å². The fourth-order valence-electron chi connectivity index (χ4n) is 2.60. The molecule has 1 aliphatic rings. The third-order valence-electron chi connectivity index (χ3n) is 3.79. The smallest absolute Gasteiger partial charge is 0.165 e. The van der Waals surface area contributed by atoms with Crippen LogP contribution in [0.15, 0.2) is 36.4 Å². The highest BCUT2D eigenvalue weighted by Gasteiger charge is 2.17. The Kier molecular flexibility index (Phi) is 4.48. The number of para-hydroxylation sites is 1. The van der Waals surface area contributed by atoms with Gasteiger partial charge in [0.25, 0.3) is 0 Å². The van der Waals surface area contributed by atoms with E-state index in [1.807, 2.05) is 18.2 Å². The van der Waals surface area contributed by atoms with E-state index in [0.29, 0.717) is 24.7 Å². The summed E-state index contributed by atoms with van der Waals surface area (Å²) >= 11 is 0. The van der Waals surface area contributed by atoms with Crippen LogP contribution >= 0.6 is 0 Å². The van der Waals surface area contributed by atoms with Crippen molar-refractivity contribution in [1.29, 1.82) is 0 Å². The SMILES string of the molecule is Cc1ccc(C)c(C[S@@](=O)Cc2cccc3c2OCCO3)c1. The van der Waals surface area contributed by atoms with Crippen molar-refractivity contribution in [3.63, 3.8) is 0 Å². The first-order valence-corrected chi connectivity index (χ1v) is 8.91. The van der Waals surface area contributed by atoms with Gasteiger partial charge >= 0.3 is 0 Å². The maximum atomic E-state index is 12.5. The third-order valence-corrected chi connectivity index (χ3v) is 5.05. The van der Waals surface area contributed by atoms with Crippen LogP contribution in [-0.2, 0) is 22.3 Å². The van der Waals surface area contributed by atoms with Crippen LogP contribution in [0.3, 0.4) is 0 Å². The number of hydrogen-bond donors (Lipinski definition) is 0. The van der Waals surface area contributed by atoms with Crippen LogP contribution in [0.4, 0.5) is 0 Å². The summed E-state index contributed by atoms with van der Waals surface area (Å²) in [6.07, 6.45) is 0. The minimum Gasteiger partial charge on any atom is -0.486 e. The van der Waals surface area contributed by atoms with Crippen molar-refractivity contribution in [1.82, 2.24) is 0 Å². The topological polar surface area (TPSA) is 35.5 Å². The van der Waals surface area contributed by atoms with Gasteiger partial charge in [-0.1, -0.05) is 35.9 Å². The lowest BCUT2D eigenvalue weighted by Crippen LogP contribution is -2.17. The zero-order chi connectivity index (χ0) is 15.5. The lowest BCUT2D eigenvalue weighted by atomic mass is 10.1. The van der Waals surface area contributed by atoms with Gasteiger partial charge in [0.05, 0.1) is 5.75 Å². The van der Waals surface area contributed by atoms with E-state index in [2.05, 4.69) is 32.0 Å². The fourth-order valence-corrected chi connectivity index (χ4v) is 3.94. The number of ether oxygens (including phenoxy) is 2. The third kappa shape index (κ3) is 3.33. The van der Waals surface area contributed by atoms with E-state index in [1.165, 1.54) is 11.1 Å². The lowest BCUT2D eigenvalue weighted by molar-refractivity contribution is 0.170. The largest absolute Gasteiger partial charge is 0.486 e. The molecule has 2 aromatic rings. The molecule has 4 heteroatoms. The Hall–Kier alpha value is -1.81. The summed E-state index contributed by atoms with van der Waals surface area (Å²) in [5.74, 6) is 2.56. The molecule has 0 N–H and O–H groups in total. The number of benzene rings is 2. The first-order chi connectivity index (χ1) is 10.6. The van der Waals surface area contributed by atoms with E-state index >= 15 is 0 Å². The van der Waals surface area contributed by atoms with Gasteiger partial charge in [0, 0.05) is 22.1 Å². The van der Waals surface area contributed by atoms with E-state index < -0.39 is 10.8 Å². The average molecular weight is 316 g/mol. The van der Waals surface area contributed by atoms with Crippen LogP contribution in [-0.4, -0.2) is 17.4 Å². The maximum absolute atomic E-state index is 12.5. The highest BCUT2D eigenvalue weighted by Crippen LogP contribution is 2.34. The van der Waals surface area contributed by atoms with E-state index in [9.17, 15) is 4.21 Å². The molecule has 0 amide bonds. The van der Waals surface area contributed by atoms with Gasteiger partial charge in [0.1, 0.15) is 13.2 Å². The summed E-state index contributed by atoms with van der Waals surface area (Å²) in [4.78, 5) is 0. The first-order valence-electron chi connectivity index (χ1n) is 7.42. The van der Waals surface area contributed by atoms with Crippen LogP contribution in [0.25, 0.3) is 0 Å². The highest BCUT2D eigenvalue weighted by molar-refractivity contribution is 7.83. The highest BCUT2D eigenvalue weighted by atomic mass is 32.2. The summed E-state index contributed by atoms with van der Waals surface area (Å²) in [6.45, 7) is 5.24. The molecule has 3 nitrogen and oxygen atoms in total. The fraction of sp³-hybridized carbons (Fsp3) is 0.333. The van der Waals surface area contributed by atoms with E-state index in [1.54, 1.807) is 0 Å². The van der Waals surface area contributed by atoms with Crippen molar-refractivity contribution in [3.05, 3.63) is 58.7 Å². The molecule has 0 radical (unpaired) electrons. The van der Waals surface area contributed by atoms with Crippen molar-refractivity contribution in [2.75, 3.05) is 13.2 Å². The Morgan fingerprint density at radius 3 is 2.64 bits per heavy atom. The molecular formula is C18H20O3S. The lowest BCUT2D eigenvalue weighted by Gasteiger charge is -2.20. The van der Waals surface area contributed by atoms with Gasteiger partial charge in [0.2, 0.25) is 0 Å². The molecule has 2 aromatic carbocycles. The molecule has 0 aromatic heterocycles. The molecule has 0 spiro atoms. The molecule has 1 aliphatic heterocycles. The quantitative estimate of drug-likeness (QED) is 0.866. The van der Waals surface area contributed by atoms with Crippen LogP contribution < -0.4 is 9.47 Å². The monoisotopic (exact) mass is 316 g/mol. The predicted molar refractivity (Wildman–Crippen MR) is 88.9 cm³/mol. The molecular weight excluding hydrogens is 296 g/mol. The van der Waals surface area contributed by atoms with Crippen LogP contribution in [0.1, 0.15) is 22.3 Å². The number of rotatable bonds is 4. The summed E-state index contributed by atoms with van der Waals surface area (Å²) in [5, 5.41) is 0. The summed E-state index contributed by atoms with van der Waals surface area (Å²) in [7, 11) is -0.974. The minimum atomic E-state index is -0.974. The van der Waals surface area contributed by atoms with E-state index in [4.69, 9.17) is 9.47 Å². The Labute approximate surface area is 133 Å². The standard InChI is InChI=1S/C18H20O3S/c1-13-6-7-14(2)16(10-13)12-22(19)11-15-4-3-5-17-18(15)21-9-8-20-17/h3-7,10H,8-9,11-12H2,1-2H3/t22-/m0/s1. The van der Waals surface area contributed by atoms with Gasteiger partial charge in [0.15, 0.2) is 11.5 Å². The molecule has 0 bridgehead atoms. The molecule has 3 rings (SSSR count). The predicted octanol–water partition coefficient (Wildman–Crippen LogP) is 3.52. The molecule has 1 heterocycles. The average Bonchev–Trinajstić information content (AvgIpc) is 2.51. The second kappa shape index (κ2) is 6.53. The van der Waals surface area contributed by atoms with Crippen LogP contribution in [0.2, 0.25) is 0 Å². The van der Waals surface area contributed by atoms with Crippen molar-refractivity contribution in [3.8, 4) is 11.5 Å². The van der Waals surface area contributed by atoms with Gasteiger partial charge in [-0.2, -0.15) is 0 Å². The zero-order valence-electron chi connectivity index (χ0n) is 12.9. The molecule has 0 aliphatic carbocycles. The Morgan fingerprint density at radius 1 is 1.00 bits per heavy atom. The van der Waals surface area contributed by atoms with Crippen molar-refractivity contribution < 1.29 is 13.7 Å². The Balaban J connectivity index is 1.76. The van der Waals surface area contributed by atoms with E-state index in [0.717, 1.165) is 22.6 Å². The second-order valence-electron chi connectivity index (χ2n) is 5.60. The van der Waals surface area contributed by atoms with Crippen molar-refractivity contribution >= 4 is 10.8 Å². The molecule has 0 saturated carbocycles. The van der Waals surface area contributed by atoms with Crippen LogP contribution in [0, 0.1) is 13.8 Å². The normalized spacial score (nSPS) is 14.6. The maximum Gasteiger partial charge on any atom is 0.165 e. The van der Waals surface area contributed by atoms with Gasteiger partial charge < -0.3 is 9.47 Å². The molecule has 0 fully saturated rings. The minimum absolute atomic E-state index is 0.486. The Bertz CT molecular complexity index is 709. The molecule has 0 saturated heterocycles. The first kappa shape index (κ1) is 15.1. The van der Waals surface area contributed by atoms with E-state index in [-0.39, 0.29) is 0 Å². The van der Waals surface area contributed by atoms with Crippen LogP contribution in [0.5, 0.6) is 11.5 Å².